The molecule has 1 aromatic carbocycles. The molecule has 0 aliphatic carbocycles. The Morgan fingerprint density at radius 1 is 1.48 bits per heavy atom. The van der Waals surface area contributed by atoms with Gasteiger partial charge in [0.25, 0.3) is 0 Å². The molecule has 1 heterocycles. The molecule has 114 valence electrons. The zero-order valence-electron chi connectivity index (χ0n) is 12.2. The first-order chi connectivity index (χ1) is 9.95. The van der Waals surface area contributed by atoms with Gasteiger partial charge in [0, 0.05) is 0 Å². The second-order valence-electron chi connectivity index (χ2n) is 5.27. The highest BCUT2D eigenvalue weighted by Gasteiger charge is 2.36. The summed E-state index contributed by atoms with van der Waals surface area (Å²) in [4.78, 5) is 25.2. The summed E-state index contributed by atoms with van der Waals surface area (Å²) in [6, 6.07) is 6.24. The minimum absolute atomic E-state index is 0.0239. The molecule has 6 nitrogen and oxygen atoms in total. The molecule has 3 unspecified atom stereocenters. The Morgan fingerprint density at radius 2 is 2.14 bits per heavy atom. The summed E-state index contributed by atoms with van der Waals surface area (Å²) in [6.07, 6.45) is -0.297. The third-order valence-electron chi connectivity index (χ3n) is 3.86. The van der Waals surface area contributed by atoms with Crippen molar-refractivity contribution in [3.05, 3.63) is 24.3 Å². The summed E-state index contributed by atoms with van der Waals surface area (Å²) in [6.45, 7) is 3.84. The fourth-order valence-corrected chi connectivity index (χ4v) is 2.25. The average molecular weight is 292 g/mol. The summed E-state index contributed by atoms with van der Waals surface area (Å²) >= 11 is 0. The third kappa shape index (κ3) is 3.00. The number of carbonyl (C=O) groups is 2. The molecule has 1 aromatic rings. The Balaban J connectivity index is 2.33. The molecule has 1 aliphatic rings. The SMILES string of the molecule is CCC(C)C(N)C(=O)N1CC(C(=O)O)Oc2ccccc21. The minimum atomic E-state index is -1.10. The van der Waals surface area contributed by atoms with Crippen molar-refractivity contribution in [2.45, 2.75) is 32.4 Å². The number of aliphatic carboxylic acids is 1. The van der Waals surface area contributed by atoms with E-state index in [1.807, 2.05) is 13.8 Å². The maximum atomic E-state index is 12.6. The minimum Gasteiger partial charge on any atom is -0.478 e. The lowest BCUT2D eigenvalue weighted by molar-refractivity contribution is -0.145. The molecular weight excluding hydrogens is 272 g/mol. The van der Waals surface area contributed by atoms with Gasteiger partial charge in [-0.05, 0) is 18.1 Å². The van der Waals surface area contributed by atoms with Crippen molar-refractivity contribution >= 4 is 17.6 Å². The summed E-state index contributed by atoms with van der Waals surface area (Å²) in [5.74, 6) is -0.956. The highest BCUT2D eigenvalue weighted by Crippen LogP contribution is 2.33. The molecule has 0 spiro atoms. The van der Waals surface area contributed by atoms with E-state index in [0.717, 1.165) is 6.42 Å². The van der Waals surface area contributed by atoms with Crippen LogP contribution in [-0.4, -0.2) is 35.7 Å². The van der Waals surface area contributed by atoms with E-state index in [4.69, 9.17) is 15.6 Å². The van der Waals surface area contributed by atoms with E-state index in [0.29, 0.717) is 11.4 Å². The lowest BCUT2D eigenvalue weighted by Gasteiger charge is -2.35. The van der Waals surface area contributed by atoms with Gasteiger partial charge in [0.05, 0.1) is 18.3 Å². The topological polar surface area (TPSA) is 92.9 Å². The summed E-state index contributed by atoms with van der Waals surface area (Å²) in [5, 5.41) is 9.16. The molecule has 0 aromatic heterocycles. The van der Waals surface area contributed by atoms with E-state index in [1.54, 1.807) is 24.3 Å². The van der Waals surface area contributed by atoms with Crippen molar-refractivity contribution in [1.29, 1.82) is 0 Å². The van der Waals surface area contributed by atoms with Crippen molar-refractivity contribution < 1.29 is 19.4 Å². The zero-order chi connectivity index (χ0) is 15.6. The Labute approximate surface area is 123 Å². The predicted molar refractivity (Wildman–Crippen MR) is 78.3 cm³/mol. The summed E-state index contributed by atoms with van der Waals surface area (Å²) in [5.41, 5.74) is 6.57. The largest absolute Gasteiger partial charge is 0.478 e. The number of benzene rings is 1. The quantitative estimate of drug-likeness (QED) is 0.871. The van der Waals surface area contributed by atoms with Gasteiger partial charge in [0.15, 0.2) is 0 Å². The van der Waals surface area contributed by atoms with E-state index in [2.05, 4.69) is 0 Å². The lowest BCUT2D eigenvalue weighted by Crippen LogP contribution is -2.53. The van der Waals surface area contributed by atoms with Crippen molar-refractivity contribution in [1.82, 2.24) is 0 Å². The predicted octanol–water partition coefficient (Wildman–Crippen LogP) is 1.24. The monoisotopic (exact) mass is 292 g/mol. The molecule has 0 radical (unpaired) electrons. The molecule has 1 aliphatic heterocycles. The van der Waals surface area contributed by atoms with Crippen LogP contribution in [0, 0.1) is 5.92 Å². The van der Waals surface area contributed by atoms with Gasteiger partial charge >= 0.3 is 5.97 Å². The highest BCUT2D eigenvalue weighted by molar-refractivity contribution is 5.99. The number of para-hydroxylation sites is 2. The molecular formula is C15H20N2O4. The molecule has 2 rings (SSSR count). The van der Waals surface area contributed by atoms with Crippen molar-refractivity contribution in [2.24, 2.45) is 11.7 Å². The smallest absolute Gasteiger partial charge is 0.346 e. The van der Waals surface area contributed by atoms with E-state index in [1.165, 1.54) is 4.90 Å². The standard InChI is InChI=1S/C15H20N2O4/c1-3-9(2)13(16)14(18)17-8-12(15(19)20)21-11-7-5-4-6-10(11)17/h4-7,9,12-13H,3,8,16H2,1-2H3,(H,19,20). The van der Waals surface area contributed by atoms with Crippen LogP contribution >= 0.6 is 0 Å². The van der Waals surface area contributed by atoms with E-state index < -0.39 is 18.1 Å². The van der Waals surface area contributed by atoms with Gasteiger partial charge in [-0.15, -0.1) is 0 Å². The van der Waals surface area contributed by atoms with Crippen molar-refractivity contribution in [2.75, 3.05) is 11.4 Å². The van der Waals surface area contributed by atoms with Crippen molar-refractivity contribution in [3.8, 4) is 5.75 Å². The molecule has 6 heteroatoms. The van der Waals surface area contributed by atoms with Crippen LogP contribution in [0.1, 0.15) is 20.3 Å². The molecule has 0 bridgehead atoms. The van der Waals surface area contributed by atoms with Crippen LogP contribution < -0.4 is 15.4 Å². The van der Waals surface area contributed by atoms with Gasteiger partial charge < -0.3 is 20.5 Å². The maximum Gasteiger partial charge on any atom is 0.346 e. The Morgan fingerprint density at radius 3 is 2.76 bits per heavy atom. The fourth-order valence-electron chi connectivity index (χ4n) is 2.25. The van der Waals surface area contributed by atoms with Crippen LogP contribution in [-0.2, 0) is 9.59 Å². The van der Waals surface area contributed by atoms with Crippen LogP contribution in [0.2, 0.25) is 0 Å². The van der Waals surface area contributed by atoms with E-state index >= 15 is 0 Å². The number of fused-ring (bicyclic) bond motifs is 1. The van der Waals surface area contributed by atoms with Crippen LogP contribution in [0.25, 0.3) is 0 Å². The normalized spacial score (nSPS) is 20.1. The van der Waals surface area contributed by atoms with Crippen molar-refractivity contribution in [3.63, 3.8) is 0 Å². The molecule has 3 atom stereocenters. The molecule has 0 saturated carbocycles. The maximum absolute atomic E-state index is 12.6. The second-order valence-corrected chi connectivity index (χ2v) is 5.27. The number of hydrogen-bond donors (Lipinski definition) is 2. The van der Waals surface area contributed by atoms with Gasteiger partial charge in [-0.3, -0.25) is 4.79 Å². The van der Waals surface area contributed by atoms with Gasteiger partial charge in [0.1, 0.15) is 5.75 Å². The number of carboxylic acid groups (broad SMARTS) is 1. The van der Waals surface area contributed by atoms with E-state index in [-0.39, 0.29) is 18.4 Å². The number of anilines is 1. The number of nitrogens with two attached hydrogens (primary N) is 1. The number of hydrogen-bond acceptors (Lipinski definition) is 4. The number of carbonyl (C=O) groups excluding carboxylic acids is 1. The third-order valence-corrected chi connectivity index (χ3v) is 3.86. The number of carboxylic acids is 1. The van der Waals surface area contributed by atoms with Crippen LogP contribution in [0.15, 0.2) is 24.3 Å². The highest BCUT2D eigenvalue weighted by atomic mass is 16.5. The number of nitrogens with zero attached hydrogens (tertiary/aromatic N) is 1. The molecule has 21 heavy (non-hydrogen) atoms. The molecule has 0 fully saturated rings. The molecule has 0 saturated heterocycles. The average Bonchev–Trinajstić information content (AvgIpc) is 2.51. The number of rotatable bonds is 4. The molecule has 1 amide bonds. The van der Waals surface area contributed by atoms with Crippen LogP contribution in [0.3, 0.4) is 0 Å². The summed E-state index contributed by atoms with van der Waals surface area (Å²) < 4.78 is 5.41. The van der Waals surface area contributed by atoms with Crippen LogP contribution in [0.5, 0.6) is 5.75 Å². The first-order valence-electron chi connectivity index (χ1n) is 7.01. The fraction of sp³-hybridized carbons (Fsp3) is 0.467. The van der Waals surface area contributed by atoms with Crippen LogP contribution in [0.4, 0.5) is 5.69 Å². The Hall–Kier alpha value is -2.08. The Bertz CT molecular complexity index is 546. The zero-order valence-corrected chi connectivity index (χ0v) is 12.2. The van der Waals surface area contributed by atoms with Gasteiger partial charge in [-0.1, -0.05) is 32.4 Å². The van der Waals surface area contributed by atoms with Gasteiger partial charge in [-0.2, -0.15) is 0 Å². The first-order valence-corrected chi connectivity index (χ1v) is 7.01. The Kier molecular flexibility index (Phi) is 4.47. The number of ether oxygens (including phenoxy) is 1. The number of amides is 1. The summed E-state index contributed by atoms with van der Waals surface area (Å²) in [7, 11) is 0. The second kappa shape index (κ2) is 6.13. The lowest BCUT2D eigenvalue weighted by atomic mass is 9.98. The van der Waals surface area contributed by atoms with Gasteiger partial charge in [0.2, 0.25) is 12.0 Å². The van der Waals surface area contributed by atoms with Gasteiger partial charge in [-0.25, -0.2) is 4.79 Å². The van der Waals surface area contributed by atoms with E-state index in [9.17, 15) is 9.59 Å². The first kappa shape index (κ1) is 15.3. The molecule has 3 N–H and O–H groups in total.